The van der Waals surface area contributed by atoms with E-state index < -0.39 is 6.03 Å². The smallest absolute Gasteiger partial charge is 0.307 e. The normalized spacial score (nSPS) is 11.0. The van der Waals surface area contributed by atoms with Crippen LogP contribution in [0.1, 0.15) is 12.5 Å². The number of benzene rings is 2. The number of nitrogens with zero attached hydrogens (tertiary/aromatic N) is 1. The minimum absolute atomic E-state index is 0.400. The van der Waals surface area contributed by atoms with Crippen LogP contribution in [0.15, 0.2) is 59.7 Å². The molecule has 20 heavy (non-hydrogen) atoms. The van der Waals surface area contributed by atoms with Crippen molar-refractivity contribution in [3.63, 3.8) is 0 Å². The lowest BCUT2D eigenvalue weighted by Crippen LogP contribution is -2.25. The van der Waals surface area contributed by atoms with Crippen molar-refractivity contribution >= 4 is 29.0 Å². The number of rotatable bonds is 3. The number of hydrogen-bond donors (Lipinski definition) is 2. The van der Waals surface area contributed by atoms with Crippen LogP contribution in [0, 0.1) is 0 Å². The van der Waals surface area contributed by atoms with Gasteiger partial charge in [0.2, 0.25) is 0 Å². The van der Waals surface area contributed by atoms with Crippen LogP contribution in [0.5, 0.6) is 0 Å². The quantitative estimate of drug-likeness (QED) is 0.653. The second-order valence-corrected chi connectivity index (χ2v) is 4.57. The van der Waals surface area contributed by atoms with E-state index in [4.69, 9.17) is 11.6 Å². The molecule has 0 unspecified atom stereocenters. The Labute approximate surface area is 122 Å². The van der Waals surface area contributed by atoms with Gasteiger partial charge in [-0.2, -0.15) is 5.10 Å². The summed E-state index contributed by atoms with van der Waals surface area (Å²) >= 11 is 5.77. The van der Waals surface area contributed by atoms with E-state index in [9.17, 15) is 4.79 Å². The largest absolute Gasteiger partial charge is 0.339 e. The van der Waals surface area contributed by atoms with Gasteiger partial charge in [0.25, 0.3) is 0 Å². The number of hydrogen-bond acceptors (Lipinski definition) is 2. The lowest BCUT2D eigenvalue weighted by molar-refractivity contribution is 0.252. The first-order chi connectivity index (χ1) is 9.65. The van der Waals surface area contributed by atoms with Crippen LogP contribution < -0.4 is 10.7 Å². The first-order valence-electron chi connectivity index (χ1n) is 6.07. The van der Waals surface area contributed by atoms with Gasteiger partial charge in [0.15, 0.2) is 0 Å². The summed E-state index contributed by atoms with van der Waals surface area (Å²) in [4.78, 5) is 11.7. The van der Waals surface area contributed by atoms with Crippen LogP contribution in [0.3, 0.4) is 0 Å². The maximum Gasteiger partial charge on any atom is 0.339 e. The van der Waals surface area contributed by atoms with E-state index in [1.165, 1.54) is 0 Å². The van der Waals surface area contributed by atoms with Crippen LogP contribution in [0.2, 0.25) is 5.02 Å². The van der Waals surface area contributed by atoms with Crippen molar-refractivity contribution in [2.45, 2.75) is 6.92 Å². The molecule has 0 aliphatic rings. The Morgan fingerprint density at radius 2 is 1.70 bits per heavy atom. The number of anilines is 1. The highest BCUT2D eigenvalue weighted by atomic mass is 35.5. The Kier molecular flexibility index (Phi) is 4.74. The van der Waals surface area contributed by atoms with E-state index in [0.29, 0.717) is 10.7 Å². The van der Waals surface area contributed by atoms with Crippen molar-refractivity contribution in [3.05, 3.63) is 65.2 Å². The van der Waals surface area contributed by atoms with E-state index in [-0.39, 0.29) is 0 Å². The highest BCUT2D eigenvalue weighted by Gasteiger charge is 2.01. The average Bonchev–Trinajstić information content (AvgIpc) is 2.48. The van der Waals surface area contributed by atoms with E-state index in [2.05, 4.69) is 15.8 Å². The molecule has 5 heteroatoms. The number of amides is 2. The molecule has 0 bridgehead atoms. The van der Waals surface area contributed by atoms with Crippen LogP contribution in [-0.2, 0) is 0 Å². The van der Waals surface area contributed by atoms with Crippen molar-refractivity contribution in [2.24, 2.45) is 5.10 Å². The fourth-order valence-corrected chi connectivity index (χ4v) is 1.70. The zero-order valence-electron chi connectivity index (χ0n) is 10.9. The first kappa shape index (κ1) is 14.1. The molecule has 0 aliphatic heterocycles. The highest BCUT2D eigenvalue weighted by Crippen LogP contribution is 2.13. The molecular weight excluding hydrogens is 274 g/mol. The van der Waals surface area contributed by atoms with Gasteiger partial charge in [-0.25, -0.2) is 10.2 Å². The molecule has 0 atom stereocenters. The Morgan fingerprint density at radius 1 is 1.05 bits per heavy atom. The summed E-state index contributed by atoms with van der Waals surface area (Å²) in [5, 5.41) is 7.32. The molecule has 0 radical (unpaired) electrons. The van der Waals surface area contributed by atoms with Gasteiger partial charge >= 0.3 is 6.03 Å². The standard InChI is InChI=1S/C15H14ClN3O/c1-11(12-5-3-2-4-6-12)18-19-15(20)17-14-9-7-13(16)8-10-14/h2-10H,1H3,(H2,17,19,20)/b18-11+. The van der Waals surface area contributed by atoms with Crippen molar-refractivity contribution in [3.8, 4) is 0 Å². The van der Waals surface area contributed by atoms with Gasteiger partial charge in [-0.1, -0.05) is 41.9 Å². The highest BCUT2D eigenvalue weighted by molar-refractivity contribution is 6.30. The van der Waals surface area contributed by atoms with Crippen molar-refractivity contribution < 1.29 is 4.79 Å². The molecule has 0 saturated carbocycles. The molecule has 2 aromatic rings. The number of hydrazone groups is 1. The van der Waals surface area contributed by atoms with Gasteiger partial charge in [-0.15, -0.1) is 0 Å². The molecule has 2 N–H and O–H groups in total. The van der Waals surface area contributed by atoms with E-state index in [1.807, 2.05) is 37.3 Å². The van der Waals surface area contributed by atoms with Gasteiger partial charge in [0.1, 0.15) is 0 Å². The Bertz CT molecular complexity index is 609. The zero-order chi connectivity index (χ0) is 14.4. The molecule has 0 aromatic heterocycles. The zero-order valence-corrected chi connectivity index (χ0v) is 11.7. The fraction of sp³-hybridized carbons (Fsp3) is 0.0667. The van der Waals surface area contributed by atoms with Crippen molar-refractivity contribution in [1.29, 1.82) is 0 Å². The van der Waals surface area contributed by atoms with Gasteiger partial charge in [-0.3, -0.25) is 0 Å². The van der Waals surface area contributed by atoms with Gasteiger partial charge in [0.05, 0.1) is 5.71 Å². The molecular formula is C15H14ClN3O. The number of nitrogens with one attached hydrogen (secondary N) is 2. The molecule has 0 spiro atoms. The molecule has 2 rings (SSSR count). The average molecular weight is 288 g/mol. The maximum absolute atomic E-state index is 11.7. The predicted molar refractivity (Wildman–Crippen MR) is 82.3 cm³/mol. The molecule has 4 nitrogen and oxygen atoms in total. The summed E-state index contributed by atoms with van der Waals surface area (Å²) in [5.41, 5.74) is 4.79. The molecule has 2 amide bonds. The minimum Gasteiger partial charge on any atom is -0.307 e. The molecule has 0 saturated heterocycles. The summed E-state index contributed by atoms with van der Waals surface area (Å²) in [7, 11) is 0. The van der Waals surface area contributed by atoms with Gasteiger partial charge in [0, 0.05) is 10.7 Å². The molecule has 102 valence electrons. The number of carbonyl (C=O) groups is 1. The van der Waals surface area contributed by atoms with Crippen molar-refractivity contribution in [2.75, 3.05) is 5.32 Å². The van der Waals surface area contributed by atoms with E-state index >= 15 is 0 Å². The van der Waals surface area contributed by atoms with Crippen LogP contribution >= 0.6 is 11.6 Å². The lowest BCUT2D eigenvalue weighted by Gasteiger charge is -2.05. The number of carbonyl (C=O) groups excluding carboxylic acids is 1. The second kappa shape index (κ2) is 6.73. The van der Waals surface area contributed by atoms with Crippen molar-refractivity contribution in [1.82, 2.24) is 5.43 Å². The number of urea groups is 1. The van der Waals surface area contributed by atoms with Crippen LogP contribution in [-0.4, -0.2) is 11.7 Å². The maximum atomic E-state index is 11.7. The molecule has 0 aliphatic carbocycles. The third-order valence-electron chi connectivity index (χ3n) is 2.62. The summed E-state index contributed by atoms with van der Waals surface area (Å²) in [6, 6.07) is 16.1. The lowest BCUT2D eigenvalue weighted by atomic mass is 10.1. The Hall–Kier alpha value is -2.33. The Morgan fingerprint density at radius 3 is 2.35 bits per heavy atom. The van der Waals surface area contributed by atoms with E-state index in [0.717, 1.165) is 11.3 Å². The molecule has 2 aromatic carbocycles. The third kappa shape index (κ3) is 4.10. The summed E-state index contributed by atoms with van der Waals surface area (Å²) in [6.07, 6.45) is 0. The summed E-state index contributed by atoms with van der Waals surface area (Å²) < 4.78 is 0. The van der Waals surface area contributed by atoms with Gasteiger partial charge in [-0.05, 0) is 36.8 Å². The summed E-state index contributed by atoms with van der Waals surface area (Å²) in [5.74, 6) is 0. The predicted octanol–water partition coefficient (Wildman–Crippen LogP) is 3.89. The summed E-state index contributed by atoms with van der Waals surface area (Å²) in [6.45, 7) is 1.83. The Balaban J connectivity index is 1.93. The fourth-order valence-electron chi connectivity index (χ4n) is 1.57. The SMILES string of the molecule is C/C(=N\NC(=O)Nc1ccc(Cl)cc1)c1ccccc1. The van der Waals surface area contributed by atoms with Crippen LogP contribution in [0.4, 0.5) is 10.5 Å². The topological polar surface area (TPSA) is 53.5 Å². The monoisotopic (exact) mass is 287 g/mol. The second-order valence-electron chi connectivity index (χ2n) is 4.14. The third-order valence-corrected chi connectivity index (χ3v) is 2.87. The first-order valence-corrected chi connectivity index (χ1v) is 6.45. The number of halogens is 1. The minimum atomic E-state index is -0.400. The van der Waals surface area contributed by atoms with E-state index in [1.54, 1.807) is 24.3 Å². The molecule has 0 heterocycles. The molecule has 0 fully saturated rings. The van der Waals surface area contributed by atoms with Crippen LogP contribution in [0.25, 0.3) is 0 Å². The van der Waals surface area contributed by atoms with Gasteiger partial charge < -0.3 is 5.32 Å².